The molecule has 0 aliphatic carbocycles. The summed E-state index contributed by atoms with van der Waals surface area (Å²) in [6.07, 6.45) is 1.68. The van der Waals surface area contributed by atoms with Gasteiger partial charge in [0.1, 0.15) is 23.8 Å². The maximum Gasteiger partial charge on any atom is 0.310 e. The van der Waals surface area contributed by atoms with E-state index < -0.39 is 12.5 Å². The van der Waals surface area contributed by atoms with E-state index in [9.17, 15) is 9.18 Å². The molecular weight excluding hydrogens is 426 g/mol. The maximum atomic E-state index is 15.1. The second kappa shape index (κ2) is 10.3. The third kappa shape index (κ3) is 5.06. The van der Waals surface area contributed by atoms with Gasteiger partial charge in [-0.1, -0.05) is 36.4 Å². The largest absolute Gasteiger partial charge is 0.489 e. The van der Waals surface area contributed by atoms with Crippen molar-refractivity contribution in [2.75, 3.05) is 13.3 Å². The van der Waals surface area contributed by atoms with Crippen molar-refractivity contribution in [3.05, 3.63) is 89.4 Å². The van der Waals surface area contributed by atoms with E-state index in [1.165, 1.54) is 0 Å². The third-order valence-corrected chi connectivity index (χ3v) is 5.35. The highest BCUT2D eigenvalue weighted by molar-refractivity contribution is 5.93. The quantitative estimate of drug-likeness (QED) is 0.276. The number of aryl methyl sites for hydroxylation is 1. The minimum atomic E-state index is -0.629. The molecular formula is C27H24F2O4. The second-order valence-corrected chi connectivity index (χ2v) is 7.58. The smallest absolute Gasteiger partial charge is 0.310 e. The first-order valence-electron chi connectivity index (χ1n) is 10.8. The Hall–Kier alpha value is -3.67. The van der Waals surface area contributed by atoms with Crippen LogP contribution in [0.15, 0.2) is 71.3 Å². The van der Waals surface area contributed by atoms with Crippen LogP contribution in [-0.2, 0) is 29.0 Å². The van der Waals surface area contributed by atoms with Gasteiger partial charge in [-0.15, -0.1) is 0 Å². The molecule has 0 atom stereocenters. The van der Waals surface area contributed by atoms with Crippen LogP contribution in [0, 0.1) is 5.82 Å². The number of furan rings is 1. The van der Waals surface area contributed by atoms with Crippen molar-refractivity contribution >= 4 is 16.9 Å². The van der Waals surface area contributed by atoms with E-state index in [4.69, 9.17) is 13.9 Å². The normalized spacial score (nSPS) is 11.0. The highest BCUT2D eigenvalue weighted by Gasteiger charge is 2.16. The Kier molecular flexibility index (Phi) is 7.03. The van der Waals surface area contributed by atoms with E-state index >= 15 is 4.39 Å². The summed E-state index contributed by atoms with van der Waals surface area (Å²) in [5, 5.41) is 0.807. The summed E-state index contributed by atoms with van der Waals surface area (Å²) in [5.74, 6) is -0.194. The van der Waals surface area contributed by atoms with Gasteiger partial charge in [0.2, 0.25) is 0 Å². The van der Waals surface area contributed by atoms with Gasteiger partial charge in [0.25, 0.3) is 0 Å². The van der Waals surface area contributed by atoms with Gasteiger partial charge in [-0.25, -0.2) is 4.39 Å². The topological polar surface area (TPSA) is 48.7 Å². The lowest BCUT2D eigenvalue weighted by atomic mass is 9.97. The summed E-state index contributed by atoms with van der Waals surface area (Å²) in [7, 11) is 0. The van der Waals surface area contributed by atoms with Crippen LogP contribution in [0.25, 0.3) is 22.1 Å². The van der Waals surface area contributed by atoms with Crippen LogP contribution in [0.5, 0.6) is 5.75 Å². The predicted octanol–water partition coefficient (Wildman–Crippen LogP) is 6.44. The maximum absolute atomic E-state index is 15.1. The molecule has 1 aromatic heterocycles. The van der Waals surface area contributed by atoms with Gasteiger partial charge < -0.3 is 13.9 Å². The number of benzene rings is 3. The molecule has 6 heteroatoms. The minimum Gasteiger partial charge on any atom is -0.489 e. The van der Waals surface area contributed by atoms with Crippen LogP contribution in [0.4, 0.5) is 8.78 Å². The highest BCUT2D eigenvalue weighted by Crippen LogP contribution is 2.34. The Labute approximate surface area is 190 Å². The van der Waals surface area contributed by atoms with Crippen LogP contribution in [0.1, 0.15) is 23.6 Å². The van der Waals surface area contributed by atoms with E-state index in [1.54, 1.807) is 43.5 Å². The van der Waals surface area contributed by atoms with Gasteiger partial charge in [-0.2, -0.15) is 0 Å². The number of hydrogen-bond donors (Lipinski definition) is 0. The molecule has 0 amide bonds. The van der Waals surface area contributed by atoms with Crippen LogP contribution in [-0.4, -0.2) is 19.3 Å². The number of rotatable bonds is 9. The number of esters is 1. The molecule has 0 N–H and O–H groups in total. The zero-order chi connectivity index (χ0) is 23.2. The summed E-state index contributed by atoms with van der Waals surface area (Å²) in [6.45, 7) is 1.66. The predicted molar refractivity (Wildman–Crippen MR) is 122 cm³/mol. The Morgan fingerprint density at radius 3 is 2.64 bits per heavy atom. The Balaban J connectivity index is 1.64. The lowest BCUT2D eigenvalue weighted by molar-refractivity contribution is -0.142. The summed E-state index contributed by atoms with van der Waals surface area (Å²) < 4.78 is 44.7. The van der Waals surface area contributed by atoms with E-state index in [1.807, 2.05) is 30.3 Å². The van der Waals surface area contributed by atoms with Crippen molar-refractivity contribution in [2.24, 2.45) is 0 Å². The molecule has 0 bridgehead atoms. The van der Waals surface area contributed by atoms with E-state index in [-0.39, 0.29) is 25.4 Å². The number of ether oxygens (including phenoxy) is 2. The molecule has 0 aliphatic heterocycles. The van der Waals surface area contributed by atoms with Gasteiger partial charge in [0.05, 0.1) is 26.0 Å². The molecule has 0 fully saturated rings. The number of carbonyl (C=O) groups is 1. The van der Waals surface area contributed by atoms with Crippen molar-refractivity contribution in [1.82, 2.24) is 0 Å². The van der Waals surface area contributed by atoms with Crippen LogP contribution in [0.3, 0.4) is 0 Å². The van der Waals surface area contributed by atoms with E-state index in [2.05, 4.69) is 0 Å². The highest BCUT2D eigenvalue weighted by atomic mass is 19.1. The van der Waals surface area contributed by atoms with Crippen molar-refractivity contribution in [3.8, 4) is 16.9 Å². The van der Waals surface area contributed by atoms with Crippen LogP contribution >= 0.6 is 0 Å². The van der Waals surface area contributed by atoms with Gasteiger partial charge >= 0.3 is 5.97 Å². The molecule has 4 nitrogen and oxygen atoms in total. The number of alkyl halides is 1. The lowest BCUT2D eigenvalue weighted by Crippen LogP contribution is -2.09. The summed E-state index contributed by atoms with van der Waals surface area (Å²) in [5.41, 5.74) is 3.34. The van der Waals surface area contributed by atoms with Crippen LogP contribution < -0.4 is 4.74 Å². The van der Waals surface area contributed by atoms with Gasteiger partial charge in [0.15, 0.2) is 0 Å². The molecule has 0 radical (unpaired) electrons. The first-order valence-corrected chi connectivity index (χ1v) is 10.8. The molecule has 0 saturated carbocycles. The molecule has 170 valence electrons. The Morgan fingerprint density at radius 2 is 1.82 bits per heavy atom. The SMILES string of the molecule is CCOC(=O)Cc1ccccc1OCc1cc(-c2cccc(CCF)c2F)c2occc2c1. The number of carbonyl (C=O) groups excluding carboxylic acids is 1. The average molecular weight is 450 g/mol. The standard InChI is InChI=1S/C27H24F2O4/c1-2-31-25(30)16-20-6-3-4-9-24(20)33-17-18-14-21-11-13-32-27(21)23(15-18)22-8-5-7-19(10-12-28)26(22)29/h3-9,11,13-15H,2,10,12,16-17H2,1H3. The van der Waals surface area contributed by atoms with Crippen molar-refractivity contribution < 1.29 is 27.5 Å². The number of fused-ring (bicyclic) bond motifs is 1. The van der Waals surface area contributed by atoms with Gasteiger partial charge in [-0.3, -0.25) is 9.18 Å². The number of para-hydroxylation sites is 1. The van der Waals surface area contributed by atoms with Gasteiger partial charge in [0, 0.05) is 28.5 Å². The van der Waals surface area contributed by atoms with E-state index in [0.717, 1.165) is 16.5 Å². The first-order chi connectivity index (χ1) is 16.1. The molecule has 4 rings (SSSR count). The fourth-order valence-electron chi connectivity index (χ4n) is 3.83. The molecule has 4 aromatic rings. The fourth-order valence-corrected chi connectivity index (χ4v) is 3.83. The zero-order valence-electron chi connectivity index (χ0n) is 18.3. The Morgan fingerprint density at radius 1 is 1.00 bits per heavy atom. The lowest BCUT2D eigenvalue weighted by Gasteiger charge is -2.13. The number of halogens is 2. The third-order valence-electron chi connectivity index (χ3n) is 5.35. The van der Waals surface area contributed by atoms with Crippen molar-refractivity contribution in [3.63, 3.8) is 0 Å². The monoisotopic (exact) mass is 450 g/mol. The van der Waals surface area contributed by atoms with Crippen molar-refractivity contribution in [1.29, 1.82) is 0 Å². The molecule has 33 heavy (non-hydrogen) atoms. The molecule has 3 aromatic carbocycles. The second-order valence-electron chi connectivity index (χ2n) is 7.58. The first kappa shape index (κ1) is 22.5. The molecule has 0 spiro atoms. The molecule has 0 unspecified atom stereocenters. The summed E-state index contributed by atoms with van der Waals surface area (Å²) in [6, 6.07) is 17.8. The molecule has 1 heterocycles. The van der Waals surface area contributed by atoms with Gasteiger partial charge in [-0.05, 0) is 42.3 Å². The Bertz CT molecular complexity index is 1260. The molecule has 0 saturated heterocycles. The summed E-state index contributed by atoms with van der Waals surface area (Å²) >= 11 is 0. The van der Waals surface area contributed by atoms with E-state index in [0.29, 0.717) is 34.6 Å². The average Bonchev–Trinajstić information content (AvgIpc) is 3.28. The van der Waals surface area contributed by atoms with Crippen molar-refractivity contribution in [2.45, 2.75) is 26.4 Å². The zero-order valence-corrected chi connectivity index (χ0v) is 18.3. The number of hydrogen-bond acceptors (Lipinski definition) is 4. The summed E-state index contributed by atoms with van der Waals surface area (Å²) in [4.78, 5) is 11.9. The minimum absolute atomic E-state index is 0.0149. The fraction of sp³-hybridized carbons (Fsp3) is 0.222. The van der Waals surface area contributed by atoms with Crippen LogP contribution in [0.2, 0.25) is 0 Å². The molecule has 0 aliphatic rings.